The van der Waals surface area contributed by atoms with Crippen LogP contribution >= 0.6 is 0 Å². The fourth-order valence-electron chi connectivity index (χ4n) is 4.08. The molecule has 154 valence electrons. The summed E-state index contributed by atoms with van der Waals surface area (Å²) in [4.78, 5) is 27.1. The molecule has 3 aromatic rings. The summed E-state index contributed by atoms with van der Waals surface area (Å²) in [6, 6.07) is 13.1. The van der Waals surface area contributed by atoms with E-state index in [1.54, 1.807) is 22.8 Å². The Morgan fingerprint density at radius 2 is 1.80 bits per heavy atom. The van der Waals surface area contributed by atoms with E-state index >= 15 is 0 Å². The number of ether oxygens (including phenoxy) is 2. The lowest BCUT2D eigenvalue weighted by atomic mass is 9.95. The van der Waals surface area contributed by atoms with Crippen LogP contribution in [0.5, 0.6) is 11.5 Å². The predicted molar refractivity (Wildman–Crippen MR) is 109 cm³/mol. The second-order valence-electron chi connectivity index (χ2n) is 7.69. The molecule has 1 saturated heterocycles. The van der Waals surface area contributed by atoms with Crippen molar-refractivity contribution in [1.82, 2.24) is 19.7 Å². The number of carbonyl (C=O) groups excluding carboxylic acids is 1. The molecule has 1 fully saturated rings. The largest absolute Gasteiger partial charge is 0.454 e. The highest BCUT2D eigenvalue weighted by molar-refractivity contribution is 5.95. The number of benzene rings is 2. The third-order valence-electron chi connectivity index (χ3n) is 5.76. The van der Waals surface area contributed by atoms with Crippen molar-refractivity contribution >= 4 is 5.91 Å². The molecule has 8 nitrogen and oxygen atoms in total. The van der Waals surface area contributed by atoms with Gasteiger partial charge in [0.15, 0.2) is 11.5 Å². The molecule has 8 heteroatoms. The van der Waals surface area contributed by atoms with Gasteiger partial charge in [0.25, 0.3) is 5.91 Å². The number of hydrogen-bond donors (Lipinski definition) is 1. The van der Waals surface area contributed by atoms with Crippen LogP contribution in [0.15, 0.2) is 47.3 Å². The van der Waals surface area contributed by atoms with Crippen molar-refractivity contribution in [3.8, 4) is 17.2 Å². The third-order valence-corrected chi connectivity index (χ3v) is 5.76. The molecule has 0 unspecified atom stereocenters. The number of likely N-dealkylation sites (tertiary alicyclic amines) is 1. The molecule has 3 heterocycles. The van der Waals surface area contributed by atoms with Gasteiger partial charge in [-0.05, 0) is 50.1 Å². The van der Waals surface area contributed by atoms with Crippen LogP contribution in [0.2, 0.25) is 0 Å². The Kier molecular flexibility index (Phi) is 4.54. The van der Waals surface area contributed by atoms with E-state index in [1.807, 2.05) is 36.1 Å². The van der Waals surface area contributed by atoms with Crippen molar-refractivity contribution < 1.29 is 14.3 Å². The number of aryl methyl sites for hydroxylation is 1. The molecule has 0 atom stereocenters. The SMILES string of the molecule is Cc1ccc(-n2c(C3CCN(C(=O)c4ccc5c(c4)OCO5)CC3)n[nH]c2=O)cc1. The van der Waals surface area contributed by atoms with E-state index in [2.05, 4.69) is 10.2 Å². The minimum Gasteiger partial charge on any atom is -0.454 e. The van der Waals surface area contributed by atoms with Crippen molar-refractivity contribution in [1.29, 1.82) is 0 Å². The lowest BCUT2D eigenvalue weighted by Crippen LogP contribution is -2.38. The molecule has 2 aliphatic rings. The van der Waals surface area contributed by atoms with Gasteiger partial charge in [-0.15, -0.1) is 0 Å². The van der Waals surface area contributed by atoms with Gasteiger partial charge >= 0.3 is 5.69 Å². The van der Waals surface area contributed by atoms with Crippen molar-refractivity contribution in [2.75, 3.05) is 19.9 Å². The van der Waals surface area contributed by atoms with Gasteiger partial charge in [0.05, 0.1) is 5.69 Å². The zero-order valence-corrected chi connectivity index (χ0v) is 16.6. The Balaban J connectivity index is 1.31. The summed E-state index contributed by atoms with van der Waals surface area (Å²) in [6.45, 7) is 3.40. The van der Waals surface area contributed by atoms with E-state index in [1.165, 1.54) is 0 Å². The Labute approximate surface area is 173 Å². The van der Waals surface area contributed by atoms with Crippen LogP contribution in [0.3, 0.4) is 0 Å². The maximum absolute atomic E-state index is 12.9. The van der Waals surface area contributed by atoms with Crippen LogP contribution in [-0.4, -0.2) is 45.5 Å². The zero-order valence-electron chi connectivity index (χ0n) is 16.6. The molecule has 1 amide bonds. The van der Waals surface area contributed by atoms with E-state index in [-0.39, 0.29) is 24.3 Å². The van der Waals surface area contributed by atoms with Crippen molar-refractivity contribution in [2.45, 2.75) is 25.7 Å². The maximum atomic E-state index is 12.9. The third kappa shape index (κ3) is 3.24. The molecular weight excluding hydrogens is 384 g/mol. The number of amides is 1. The second kappa shape index (κ2) is 7.37. The summed E-state index contributed by atoms with van der Waals surface area (Å²) in [6.07, 6.45) is 1.49. The normalized spacial score (nSPS) is 16.1. The predicted octanol–water partition coefficient (Wildman–Crippen LogP) is 2.62. The first-order valence-electron chi connectivity index (χ1n) is 10.0. The number of piperidine rings is 1. The summed E-state index contributed by atoms with van der Waals surface area (Å²) < 4.78 is 12.3. The summed E-state index contributed by atoms with van der Waals surface area (Å²) in [5.74, 6) is 2.07. The number of hydrogen-bond acceptors (Lipinski definition) is 5. The van der Waals surface area contributed by atoms with E-state index in [4.69, 9.17) is 9.47 Å². The van der Waals surface area contributed by atoms with Crippen molar-refractivity contribution in [2.24, 2.45) is 0 Å². The van der Waals surface area contributed by atoms with Crippen molar-refractivity contribution in [3.63, 3.8) is 0 Å². The number of nitrogens with zero attached hydrogens (tertiary/aromatic N) is 3. The average Bonchev–Trinajstić information content (AvgIpc) is 3.40. The van der Waals surface area contributed by atoms with E-state index < -0.39 is 0 Å². The smallest absolute Gasteiger partial charge is 0.347 e. The van der Waals surface area contributed by atoms with Gasteiger partial charge in [0, 0.05) is 24.6 Å². The summed E-state index contributed by atoms with van der Waals surface area (Å²) in [5, 5.41) is 6.88. The number of aromatic nitrogens is 3. The lowest BCUT2D eigenvalue weighted by Gasteiger charge is -2.31. The summed E-state index contributed by atoms with van der Waals surface area (Å²) in [7, 11) is 0. The topological polar surface area (TPSA) is 89.4 Å². The number of nitrogens with one attached hydrogen (secondary N) is 1. The number of carbonyl (C=O) groups is 1. The minimum atomic E-state index is -0.243. The molecule has 2 aromatic carbocycles. The quantitative estimate of drug-likeness (QED) is 0.722. The van der Waals surface area contributed by atoms with Gasteiger partial charge in [0.2, 0.25) is 6.79 Å². The fraction of sp³-hybridized carbons (Fsp3) is 0.318. The van der Waals surface area contributed by atoms with Crippen LogP contribution in [0.25, 0.3) is 5.69 Å². The van der Waals surface area contributed by atoms with E-state index in [0.717, 1.165) is 29.9 Å². The summed E-state index contributed by atoms with van der Waals surface area (Å²) >= 11 is 0. The monoisotopic (exact) mass is 406 g/mol. The number of H-pyrrole nitrogens is 1. The molecule has 30 heavy (non-hydrogen) atoms. The Morgan fingerprint density at radius 3 is 2.57 bits per heavy atom. The van der Waals surface area contributed by atoms with Crippen LogP contribution < -0.4 is 15.2 Å². The van der Waals surface area contributed by atoms with Gasteiger partial charge in [-0.25, -0.2) is 14.5 Å². The standard InChI is InChI=1S/C22H22N4O4/c1-14-2-5-17(6-3-14)26-20(23-24-22(26)28)15-8-10-25(11-9-15)21(27)16-4-7-18-19(12-16)30-13-29-18/h2-7,12,15H,8-11,13H2,1H3,(H,24,28). The highest BCUT2D eigenvalue weighted by Crippen LogP contribution is 2.34. The number of rotatable bonds is 3. The Morgan fingerprint density at radius 1 is 1.07 bits per heavy atom. The maximum Gasteiger partial charge on any atom is 0.347 e. The lowest BCUT2D eigenvalue weighted by molar-refractivity contribution is 0.0710. The highest BCUT2D eigenvalue weighted by atomic mass is 16.7. The molecule has 5 rings (SSSR count). The van der Waals surface area contributed by atoms with Crippen LogP contribution in [0, 0.1) is 6.92 Å². The molecule has 0 radical (unpaired) electrons. The highest BCUT2D eigenvalue weighted by Gasteiger charge is 2.29. The van der Waals surface area contributed by atoms with Crippen LogP contribution in [0.1, 0.15) is 40.5 Å². The molecular formula is C22H22N4O4. The summed E-state index contributed by atoms with van der Waals surface area (Å²) in [5.41, 5.74) is 2.28. The molecule has 2 aliphatic heterocycles. The number of fused-ring (bicyclic) bond motifs is 1. The first-order valence-corrected chi connectivity index (χ1v) is 10.0. The molecule has 0 saturated carbocycles. The Hall–Kier alpha value is -3.55. The van der Waals surface area contributed by atoms with Crippen LogP contribution in [-0.2, 0) is 0 Å². The van der Waals surface area contributed by atoms with Crippen LogP contribution in [0.4, 0.5) is 0 Å². The Bertz CT molecular complexity index is 1140. The zero-order chi connectivity index (χ0) is 20.7. The van der Waals surface area contributed by atoms with Gasteiger partial charge < -0.3 is 14.4 Å². The number of aromatic amines is 1. The van der Waals surface area contributed by atoms with Gasteiger partial charge in [-0.1, -0.05) is 17.7 Å². The molecule has 0 aliphatic carbocycles. The molecule has 0 bridgehead atoms. The van der Waals surface area contributed by atoms with Crippen molar-refractivity contribution in [3.05, 3.63) is 69.9 Å². The minimum absolute atomic E-state index is 0.0234. The molecule has 0 spiro atoms. The molecule has 1 aromatic heterocycles. The van der Waals surface area contributed by atoms with Gasteiger partial charge in [0.1, 0.15) is 5.82 Å². The first-order chi connectivity index (χ1) is 14.6. The van der Waals surface area contributed by atoms with E-state index in [0.29, 0.717) is 30.2 Å². The average molecular weight is 406 g/mol. The van der Waals surface area contributed by atoms with Gasteiger partial charge in [-0.2, -0.15) is 5.10 Å². The second-order valence-corrected chi connectivity index (χ2v) is 7.69. The van der Waals surface area contributed by atoms with Gasteiger partial charge in [-0.3, -0.25) is 4.79 Å². The first kappa shape index (κ1) is 18.5. The fourth-order valence-corrected chi connectivity index (χ4v) is 4.08. The molecule has 1 N–H and O–H groups in total. The van der Waals surface area contributed by atoms with E-state index in [9.17, 15) is 9.59 Å².